The van der Waals surface area contributed by atoms with Gasteiger partial charge in [-0.15, -0.1) is 0 Å². The molecule has 0 radical (unpaired) electrons. The Morgan fingerprint density at radius 2 is 1.85 bits per heavy atom. The van der Waals surface area contributed by atoms with Gasteiger partial charge in [0.15, 0.2) is 0 Å². The lowest BCUT2D eigenvalue weighted by atomic mass is 9.88. The number of carbonyl (C=O) groups excluding carboxylic acids is 1. The van der Waals surface area contributed by atoms with Gasteiger partial charge in [0, 0.05) is 75.7 Å². The van der Waals surface area contributed by atoms with Crippen molar-refractivity contribution in [3.8, 4) is 5.75 Å². The van der Waals surface area contributed by atoms with E-state index >= 15 is 0 Å². The van der Waals surface area contributed by atoms with Crippen LogP contribution >= 0.6 is 11.6 Å². The second-order valence-electron chi connectivity index (χ2n) is 11.2. The standard InChI is InChI=1S/C31H46ClFN6O2/c1-3-41-29-6-4-5-27(33)26(29)22-38-17-19-39(20-18-38)31(40)30(35)23-9-13-37(14-10-23)15-11-24-21-25(32)7-8-28(24)36(2)16-12-34/h4-8,21,23,30H,3,9-20,22,34-35H2,1-2H3/t30-/m1/s1. The van der Waals surface area contributed by atoms with Crippen LogP contribution < -0.4 is 21.1 Å². The maximum absolute atomic E-state index is 14.5. The molecule has 226 valence electrons. The third-order valence-electron chi connectivity index (χ3n) is 8.48. The number of nitrogens with two attached hydrogens (primary N) is 2. The quantitative estimate of drug-likeness (QED) is 0.393. The molecule has 0 saturated carbocycles. The van der Waals surface area contributed by atoms with E-state index in [1.807, 2.05) is 24.0 Å². The smallest absolute Gasteiger partial charge is 0.239 e. The van der Waals surface area contributed by atoms with Crippen LogP contribution in [0.4, 0.5) is 10.1 Å². The van der Waals surface area contributed by atoms with Crippen LogP contribution in [0.2, 0.25) is 5.02 Å². The molecule has 2 aliphatic heterocycles. The number of likely N-dealkylation sites (tertiary alicyclic amines) is 1. The van der Waals surface area contributed by atoms with Crippen molar-refractivity contribution in [1.82, 2.24) is 14.7 Å². The van der Waals surface area contributed by atoms with Crippen molar-refractivity contribution < 1.29 is 13.9 Å². The predicted octanol–water partition coefficient (Wildman–Crippen LogP) is 3.20. The fourth-order valence-electron chi connectivity index (χ4n) is 6.00. The van der Waals surface area contributed by atoms with Crippen molar-refractivity contribution in [2.75, 3.05) is 77.5 Å². The highest BCUT2D eigenvalue weighted by Crippen LogP contribution is 2.27. The molecular weight excluding hydrogens is 543 g/mol. The minimum absolute atomic E-state index is 0.0375. The van der Waals surface area contributed by atoms with Gasteiger partial charge in [-0.3, -0.25) is 9.69 Å². The van der Waals surface area contributed by atoms with Gasteiger partial charge < -0.3 is 30.9 Å². The van der Waals surface area contributed by atoms with Crippen molar-refractivity contribution in [3.63, 3.8) is 0 Å². The summed E-state index contributed by atoms with van der Waals surface area (Å²) in [6.45, 7) is 9.62. The fraction of sp³-hybridized carbons (Fsp3) is 0.581. The molecule has 4 rings (SSSR count). The van der Waals surface area contributed by atoms with E-state index in [0.29, 0.717) is 57.2 Å². The molecule has 2 fully saturated rings. The summed E-state index contributed by atoms with van der Waals surface area (Å²) in [4.78, 5) is 22.0. The molecular formula is C31H46ClFN6O2. The molecule has 2 aliphatic rings. The number of carbonyl (C=O) groups is 1. The van der Waals surface area contributed by atoms with E-state index in [1.165, 1.54) is 17.3 Å². The number of benzene rings is 2. The molecule has 0 aliphatic carbocycles. The molecule has 0 bridgehead atoms. The maximum Gasteiger partial charge on any atom is 0.239 e. The zero-order valence-corrected chi connectivity index (χ0v) is 25.3. The number of nitrogens with zero attached hydrogens (tertiary/aromatic N) is 4. The molecule has 2 aromatic carbocycles. The van der Waals surface area contributed by atoms with Crippen LogP contribution in [-0.4, -0.2) is 99.2 Å². The SMILES string of the molecule is CCOc1cccc(F)c1CN1CCN(C(=O)[C@H](N)C2CCN(CCc3cc(Cl)ccc3N(C)CCN)CC2)CC1. The van der Waals surface area contributed by atoms with Crippen molar-refractivity contribution in [2.24, 2.45) is 17.4 Å². The van der Waals surface area contributed by atoms with E-state index in [9.17, 15) is 9.18 Å². The molecule has 2 saturated heterocycles. The van der Waals surface area contributed by atoms with Gasteiger partial charge in [-0.1, -0.05) is 17.7 Å². The highest BCUT2D eigenvalue weighted by Gasteiger charge is 2.33. The van der Waals surface area contributed by atoms with Gasteiger partial charge in [0.2, 0.25) is 5.91 Å². The highest BCUT2D eigenvalue weighted by molar-refractivity contribution is 6.30. The number of anilines is 1. The Morgan fingerprint density at radius 3 is 2.54 bits per heavy atom. The minimum Gasteiger partial charge on any atom is -0.493 e. The van der Waals surface area contributed by atoms with Crippen molar-refractivity contribution in [3.05, 3.63) is 58.4 Å². The number of hydrogen-bond acceptors (Lipinski definition) is 7. The summed E-state index contributed by atoms with van der Waals surface area (Å²) >= 11 is 6.31. The molecule has 2 heterocycles. The molecule has 8 nitrogen and oxygen atoms in total. The maximum atomic E-state index is 14.5. The van der Waals surface area contributed by atoms with Crippen LogP contribution in [0.5, 0.6) is 5.75 Å². The van der Waals surface area contributed by atoms with E-state index in [-0.39, 0.29) is 17.6 Å². The monoisotopic (exact) mass is 588 g/mol. The average molecular weight is 589 g/mol. The molecule has 0 unspecified atom stereocenters. The van der Waals surface area contributed by atoms with Gasteiger partial charge in [-0.25, -0.2) is 4.39 Å². The second-order valence-corrected chi connectivity index (χ2v) is 11.6. The number of piperazine rings is 1. The van der Waals surface area contributed by atoms with Gasteiger partial charge in [-0.2, -0.15) is 0 Å². The Morgan fingerprint density at radius 1 is 1.12 bits per heavy atom. The number of ether oxygens (including phenoxy) is 1. The van der Waals surface area contributed by atoms with Crippen molar-refractivity contribution in [2.45, 2.75) is 38.8 Å². The average Bonchev–Trinajstić information content (AvgIpc) is 2.98. The first-order valence-electron chi connectivity index (χ1n) is 14.9. The first-order valence-corrected chi connectivity index (χ1v) is 15.3. The fourth-order valence-corrected chi connectivity index (χ4v) is 6.20. The highest BCUT2D eigenvalue weighted by atomic mass is 35.5. The number of piperidine rings is 1. The lowest BCUT2D eigenvalue weighted by Gasteiger charge is -2.39. The van der Waals surface area contributed by atoms with Crippen LogP contribution in [0, 0.1) is 11.7 Å². The number of amides is 1. The Balaban J connectivity index is 1.23. The van der Waals surface area contributed by atoms with Crippen molar-refractivity contribution >= 4 is 23.2 Å². The van der Waals surface area contributed by atoms with Gasteiger partial charge in [-0.05, 0) is 81.1 Å². The first kappa shape index (κ1) is 31.5. The molecule has 4 N–H and O–H groups in total. The van der Waals surface area contributed by atoms with Crippen molar-refractivity contribution in [1.29, 1.82) is 0 Å². The largest absolute Gasteiger partial charge is 0.493 e. The Kier molecular flexibility index (Phi) is 11.6. The topological polar surface area (TPSA) is 91.3 Å². The summed E-state index contributed by atoms with van der Waals surface area (Å²) in [5.41, 5.74) is 15.3. The third-order valence-corrected chi connectivity index (χ3v) is 8.72. The van der Waals surface area contributed by atoms with E-state index < -0.39 is 6.04 Å². The summed E-state index contributed by atoms with van der Waals surface area (Å²) in [6, 6.07) is 10.5. The van der Waals surface area contributed by atoms with E-state index in [1.54, 1.807) is 6.07 Å². The molecule has 1 atom stereocenters. The lowest BCUT2D eigenvalue weighted by Crippen LogP contribution is -2.55. The van der Waals surface area contributed by atoms with E-state index in [4.69, 9.17) is 27.8 Å². The predicted molar refractivity (Wildman–Crippen MR) is 164 cm³/mol. The van der Waals surface area contributed by atoms with Crippen LogP contribution in [0.15, 0.2) is 36.4 Å². The number of hydrogen-bond donors (Lipinski definition) is 2. The summed E-state index contributed by atoms with van der Waals surface area (Å²) in [5, 5.41) is 0.747. The van der Waals surface area contributed by atoms with Gasteiger partial charge >= 0.3 is 0 Å². The molecule has 2 aromatic rings. The van der Waals surface area contributed by atoms with Crippen LogP contribution in [0.3, 0.4) is 0 Å². The molecule has 41 heavy (non-hydrogen) atoms. The number of halogens is 2. The Bertz CT molecular complexity index is 1140. The zero-order chi connectivity index (χ0) is 29.4. The summed E-state index contributed by atoms with van der Waals surface area (Å²) in [7, 11) is 2.06. The molecule has 1 amide bonds. The van der Waals surface area contributed by atoms with Crippen LogP contribution in [0.1, 0.15) is 30.9 Å². The summed E-state index contributed by atoms with van der Waals surface area (Å²) in [5.74, 6) is 0.554. The number of rotatable bonds is 12. The number of likely N-dealkylation sites (N-methyl/N-ethyl adjacent to an activating group) is 1. The van der Waals surface area contributed by atoms with E-state index in [0.717, 1.165) is 50.5 Å². The van der Waals surface area contributed by atoms with Crippen LogP contribution in [-0.2, 0) is 17.8 Å². The van der Waals surface area contributed by atoms with Gasteiger partial charge in [0.25, 0.3) is 0 Å². The summed E-state index contributed by atoms with van der Waals surface area (Å²) in [6.07, 6.45) is 2.73. The zero-order valence-electron chi connectivity index (χ0n) is 24.5. The van der Waals surface area contributed by atoms with Gasteiger partial charge in [0.05, 0.1) is 12.6 Å². The third kappa shape index (κ3) is 8.32. The van der Waals surface area contributed by atoms with Gasteiger partial charge in [0.1, 0.15) is 11.6 Å². The Labute approximate surface area is 249 Å². The van der Waals surface area contributed by atoms with E-state index in [2.05, 4.69) is 33.9 Å². The van der Waals surface area contributed by atoms with Crippen LogP contribution in [0.25, 0.3) is 0 Å². The summed E-state index contributed by atoms with van der Waals surface area (Å²) < 4.78 is 20.1. The molecule has 0 aromatic heterocycles. The molecule has 0 spiro atoms. The first-order chi connectivity index (χ1) is 19.8. The lowest BCUT2D eigenvalue weighted by molar-refractivity contribution is -0.136. The Hall–Kier alpha value is -2.43. The second kappa shape index (κ2) is 15.2. The molecule has 10 heteroatoms. The minimum atomic E-state index is -0.482. The normalized spacial score (nSPS) is 18.0.